The van der Waals surface area contributed by atoms with Gasteiger partial charge in [-0.3, -0.25) is 4.79 Å². The maximum Gasteiger partial charge on any atom is 0.303 e. The summed E-state index contributed by atoms with van der Waals surface area (Å²) in [5.74, 6) is 0.298. The van der Waals surface area contributed by atoms with Crippen molar-refractivity contribution in [3.05, 3.63) is 0 Å². The van der Waals surface area contributed by atoms with Gasteiger partial charge in [-0.1, -0.05) is 123 Å². The molecule has 150 valence electrons. The summed E-state index contributed by atoms with van der Waals surface area (Å²) in [4.78, 5) is 10.5. The van der Waals surface area contributed by atoms with Gasteiger partial charge >= 0.3 is 5.97 Å². The molecule has 0 rings (SSSR count). The van der Waals surface area contributed by atoms with Crippen molar-refractivity contribution < 1.29 is 9.90 Å². The van der Waals surface area contributed by atoms with Crippen molar-refractivity contribution in [2.45, 2.75) is 136 Å². The van der Waals surface area contributed by atoms with Crippen molar-refractivity contribution in [3.63, 3.8) is 0 Å². The maximum absolute atomic E-state index is 10.5. The van der Waals surface area contributed by atoms with Crippen LogP contribution in [0.15, 0.2) is 0 Å². The molecule has 0 saturated carbocycles. The van der Waals surface area contributed by atoms with Gasteiger partial charge in [-0.15, -0.1) is 0 Å². The highest BCUT2D eigenvalue weighted by molar-refractivity contribution is 5.66. The van der Waals surface area contributed by atoms with Crippen LogP contribution in [0, 0.1) is 5.92 Å². The molecule has 0 bridgehead atoms. The van der Waals surface area contributed by atoms with E-state index in [1.54, 1.807) is 0 Å². The van der Waals surface area contributed by atoms with Crippen LogP contribution >= 0.6 is 0 Å². The smallest absolute Gasteiger partial charge is 0.303 e. The first kappa shape index (κ1) is 24.5. The molecule has 0 aliphatic rings. The van der Waals surface area contributed by atoms with Gasteiger partial charge in [0.1, 0.15) is 0 Å². The van der Waals surface area contributed by atoms with Gasteiger partial charge in [0.05, 0.1) is 0 Å². The molecule has 0 saturated heterocycles. The first-order valence-corrected chi connectivity index (χ1v) is 11.4. The summed E-state index contributed by atoms with van der Waals surface area (Å²) in [6.07, 6.45) is 24.5. The first-order chi connectivity index (χ1) is 12.2. The number of unbranched alkanes of at least 4 members (excludes halogenated alkanes) is 12. The second-order valence-electron chi connectivity index (χ2n) is 7.97. The van der Waals surface area contributed by atoms with Crippen LogP contribution in [-0.2, 0) is 4.79 Å². The zero-order chi connectivity index (χ0) is 18.6. The zero-order valence-electron chi connectivity index (χ0n) is 17.4. The Hall–Kier alpha value is -0.530. The third-order valence-electron chi connectivity index (χ3n) is 5.43. The lowest BCUT2D eigenvalue weighted by Crippen LogP contribution is -2.01. The molecule has 25 heavy (non-hydrogen) atoms. The van der Waals surface area contributed by atoms with Gasteiger partial charge in [-0.2, -0.15) is 0 Å². The lowest BCUT2D eigenvalue weighted by atomic mass is 9.89. The largest absolute Gasteiger partial charge is 0.481 e. The lowest BCUT2D eigenvalue weighted by Gasteiger charge is -2.17. The number of aliphatic carboxylic acids is 1. The van der Waals surface area contributed by atoms with Gasteiger partial charge in [0.15, 0.2) is 0 Å². The van der Waals surface area contributed by atoms with E-state index in [2.05, 4.69) is 13.8 Å². The van der Waals surface area contributed by atoms with Crippen LogP contribution in [0.1, 0.15) is 136 Å². The number of carboxylic acid groups (broad SMARTS) is 1. The van der Waals surface area contributed by atoms with E-state index in [1.807, 2.05) is 0 Å². The van der Waals surface area contributed by atoms with Gasteiger partial charge in [0.2, 0.25) is 0 Å². The zero-order valence-corrected chi connectivity index (χ0v) is 17.4. The molecule has 0 aliphatic heterocycles. The fraction of sp³-hybridized carbons (Fsp3) is 0.957. The van der Waals surface area contributed by atoms with Crippen molar-refractivity contribution in [2.75, 3.05) is 0 Å². The molecule has 2 nitrogen and oxygen atoms in total. The second kappa shape index (κ2) is 19.8. The molecule has 2 heteroatoms. The minimum atomic E-state index is -0.648. The van der Waals surface area contributed by atoms with Crippen LogP contribution in [0.2, 0.25) is 0 Å². The summed E-state index contributed by atoms with van der Waals surface area (Å²) < 4.78 is 0. The number of hydrogen-bond acceptors (Lipinski definition) is 1. The van der Waals surface area contributed by atoms with Crippen molar-refractivity contribution >= 4 is 5.97 Å². The minimum absolute atomic E-state index is 0.345. The van der Waals surface area contributed by atoms with Crippen molar-refractivity contribution in [1.82, 2.24) is 0 Å². The normalized spacial score (nSPS) is 12.4. The standard InChI is InChI=1S/C23H46O2/c1-3-5-7-8-9-11-15-19-22(18-14-6-4-2)20-16-12-10-13-17-21-23(24)25/h22H,3-21H2,1-2H3,(H,24,25). The van der Waals surface area contributed by atoms with E-state index < -0.39 is 5.97 Å². The molecule has 0 aromatic carbocycles. The minimum Gasteiger partial charge on any atom is -0.481 e. The Morgan fingerprint density at radius 3 is 1.44 bits per heavy atom. The van der Waals surface area contributed by atoms with E-state index in [9.17, 15) is 4.79 Å². The molecule has 0 fully saturated rings. The molecule has 0 aliphatic carbocycles. The Balaban J connectivity index is 3.68. The van der Waals surface area contributed by atoms with Crippen molar-refractivity contribution in [1.29, 1.82) is 0 Å². The van der Waals surface area contributed by atoms with E-state index in [1.165, 1.54) is 103 Å². The molecule has 0 heterocycles. The highest BCUT2D eigenvalue weighted by atomic mass is 16.4. The number of carbonyl (C=O) groups is 1. The van der Waals surface area contributed by atoms with E-state index in [0.717, 1.165) is 18.8 Å². The van der Waals surface area contributed by atoms with Gasteiger partial charge < -0.3 is 5.11 Å². The fourth-order valence-electron chi connectivity index (χ4n) is 3.75. The van der Waals surface area contributed by atoms with E-state index >= 15 is 0 Å². The van der Waals surface area contributed by atoms with E-state index in [0.29, 0.717) is 6.42 Å². The molecule has 0 spiro atoms. The Morgan fingerprint density at radius 1 is 0.600 bits per heavy atom. The molecule has 1 atom stereocenters. The summed E-state index contributed by atoms with van der Waals surface area (Å²) in [7, 11) is 0. The predicted octanol–water partition coefficient (Wildman–Crippen LogP) is 8.14. The fourth-order valence-corrected chi connectivity index (χ4v) is 3.75. The van der Waals surface area contributed by atoms with E-state index in [4.69, 9.17) is 5.11 Å². The molecule has 0 aromatic heterocycles. The van der Waals surface area contributed by atoms with Crippen molar-refractivity contribution in [3.8, 4) is 0 Å². The topological polar surface area (TPSA) is 37.3 Å². The lowest BCUT2D eigenvalue weighted by molar-refractivity contribution is -0.137. The van der Waals surface area contributed by atoms with Crippen LogP contribution in [0.4, 0.5) is 0 Å². The average molecular weight is 355 g/mol. The molecule has 0 amide bonds. The Morgan fingerprint density at radius 2 is 0.960 bits per heavy atom. The van der Waals surface area contributed by atoms with Gasteiger partial charge in [0, 0.05) is 6.42 Å². The van der Waals surface area contributed by atoms with Gasteiger partial charge in [-0.05, 0) is 12.3 Å². The quantitative estimate of drug-likeness (QED) is 0.224. The Kier molecular flexibility index (Phi) is 19.4. The highest BCUT2D eigenvalue weighted by Gasteiger charge is 2.08. The molecule has 1 unspecified atom stereocenters. The third kappa shape index (κ3) is 19.6. The van der Waals surface area contributed by atoms with Crippen LogP contribution in [0.5, 0.6) is 0 Å². The monoisotopic (exact) mass is 354 g/mol. The molecular formula is C23H46O2. The summed E-state index contributed by atoms with van der Waals surface area (Å²) in [5, 5.41) is 8.65. The second-order valence-corrected chi connectivity index (χ2v) is 7.97. The van der Waals surface area contributed by atoms with Crippen LogP contribution in [0.3, 0.4) is 0 Å². The summed E-state index contributed by atoms with van der Waals surface area (Å²) in [6, 6.07) is 0. The van der Waals surface area contributed by atoms with E-state index in [-0.39, 0.29) is 0 Å². The van der Waals surface area contributed by atoms with Crippen LogP contribution in [0.25, 0.3) is 0 Å². The van der Waals surface area contributed by atoms with Crippen LogP contribution < -0.4 is 0 Å². The Labute approximate surface area is 158 Å². The highest BCUT2D eigenvalue weighted by Crippen LogP contribution is 2.24. The summed E-state index contributed by atoms with van der Waals surface area (Å²) in [5.41, 5.74) is 0. The SMILES string of the molecule is CCCCCCCCCC(CCCCC)CCCCCCCC(=O)O. The molecule has 0 radical (unpaired) electrons. The number of hydrogen-bond donors (Lipinski definition) is 1. The first-order valence-electron chi connectivity index (χ1n) is 11.4. The van der Waals surface area contributed by atoms with Gasteiger partial charge in [-0.25, -0.2) is 0 Å². The van der Waals surface area contributed by atoms with Gasteiger partial charge in [0.25, 0.3) is 0 Å². The average Bonchev–Trinajstić information content (AvgIpc) is 2.59. The molecular weight excluding hydrogens is 308 g/mol. The molecule has 1 N–H and O–H groups in total. The Bertz CT molecular complexity index is 275. The maximum atomic E-state index is 10.5. The summed E-state index contributed by atoms with van der Waals surface area (Å²) >= 11 is 0. The molecule has 0 aromatic rings. The number of carboxylic acids is 1. The number of rotatable bonds is 20. The summed E-state index contributed by atoms with van der Waals surface area (Å²) in [6.45, 7) is 4.58. The van der Waals surface area contributed by atoms with Crippen LogP contribution in [-0.4, -0.2) is 11.1 Å². The van der Waals surface area contributed by atoms with Crippen molar-refractivity contribution in [2.24, 2.45) is 5.92 Å². The third-order valence-corrected chi connectivity index (χ3v) is 5.43. The predicted molar refractivity (Wildman–Crippen MR) is 110 cm³/mol.